The van der Waals surface area contributed by atoms with E-state index in [-0.39, 0.29) is 36.8 Å². The molecule has 6 nitrogen and oxygen atoms in total. The fraction of sp³-hybridized carbons (Fsp3) is 0.789. The highest BCUT2D eigenvalue weighted by Gasteiger charge is 2.42. The van der Waals surface area contributed by atoms with Crippen LogP contribution in [0.5, 0.6) is 0 Å². The van der Waals surface area contributed by atoms with E-state index in [0.29, 0.717) is 0 Å². The van der Waals surface area contributed by atoms with E-state index in [2.05, 4.69) is 41.4 Å². The number of halogens is 2. The van der Waals surface area contributed by atoms with E-state index < -0.39 is 5.54 Å². The minimum Gasteiger partial charge on any atom is -0.350 e. The van der Waals surface area contributed by atoms with Crippen LogP contribution in [0.25, 0.3) is 0 Å². The Kier molecular flexibility index (Phi) is 9.55. The molecular weight excluding hydrogens is 385 g/mol. The van der Waals surface area contributed by atoms with Crippen molar-refractivity contribution in [2.75, 3.05) is 32.7 Å². The molecule has 1 amide bonds. The Bertz CT molecular complexity index is 552. The fourth-order valence-corrected chi connectivity index (χ4v) is 4.65. The average Bonchev–Trinajstić information content (AvgIpc) is 3.09. The zero-order valence-corrected chi connectivity index (χ0v) is 18.3. The van der Waals surface area contributed by atoms with Crippen LogP contribution < -0.4 is 10.6 Å². The molecule has 2 saturated heterocycles. The van der Waals surface area contributed by atoms with Gasteiger partial charge in [-0.15, -0.1) is 24.8 Å². The van der Waals surface area contributed by atoms with Gasteiger partial charge in [-0.05, 0) is 57.2 Å². The summed E-state index contributed by atoms with van der Waals surface area (Å²) in [5, 5.41) is 11.0. The lowest BCUT2D eigenvalue weighted by molar-refractivity contribution is -0.132. The number of aromatic nitrogens is 2. The second kappa shape index (κ2) is 10.6. The second-order valence-corrected chi connectivity index (χ2v) is 8.27. The van der Waals surface area contributed by atoms with Gasteiger partial charge >= 0.3 is 0 Å². The van der Waals surface area contributed by atoms with Crippen LogP contribution in [0.3, 0.4) is 0 Å². The van der Waals surface area contributed by atoms with Gasteiger partial charge < -0.3 is 15.5 Å². The van der Waals surface area contributed by atoms with Crippen molar-refractivity contribution in [2.45, 2.75) is 51.6 Å². The van der Waals surface area contributed by atoms with E-state index in [1.807, 2.05) is 16.9 Å². The minimum atomic E-state index is -0.550. The molecule has 2 fully saturated rings. The molecule has 0 saturated carbocycles. The molecule has 3 unspecified atom stereocenters. The lowest BCUT2D eigenvalue weighted by atomic mass is 9.87. The van der Waals surface area contributed by atoms with Crippen LogP contribution in [0.1, 0.15) is 40.0 Å². The maximum atomic E-state index is 13.2. The maximum Gasteiger partial charge on any atom is 0.248 e. The van der Waals surface area contributed by atoms with Gasteiger partial charge in [0.2, 0.25) is 5.91 Å². The van der Waals surface area contributed by atoms with Gasteiger partial charge in [-0.1, -0.05) is 13.8 Å². The Hall–Kier alpha value is -0.820. The van der Waals surface area contributed by atoms with E-state index in [4.69, 9.17) is 0 Å². The number of carbonyl (C=O) groups excluding carboxylic acids is 1. The summed E-state index contributed by atoms with van der Waals surface area (Å²) >= 11 is 0. The standard InChI is InChI=1S/C19H33N5O.2ClH/c1-15-11-16(2)13-23(12-15)14-17(3)22-18(25)19(5-8-20-9-6-19)24-10-4-7-21-24;;/h4,7,10,15-17,20H,5-6,8-9,11-14H2,1-3H3,(H,22,25);2*1H. The summed E-state index contributed by atoms with van der Waals surface area (Å²) in [7, 11) is 0. The van der Waals surface area contributed by atoms with Crippen LogP contribution in [0.4, 0.5) is 0 Å². The third kappa shape index (κ3) is 5.83. The molecule has 8 heteroatoms. The van der Waals surface area contributed by atoms with Crippen LogP contribution in [-0.4, -0.2) is 59.4 Å². The number of piperidine rings is 2. The number of nitrogens with zero attached hydrogens (tertiary/aromatic N) is 3. The predicted octanol–water partition coefficient (Wildman–Crippen LogP) is 2.29. The highest BCUT2D eigenvalue weighted by molar-refractivity contribution is 5.86. The van der Waals surface area contributed by atoms with Crippen molar-refractivity contribution in [1.29, 1.82) is 0 Å². The van der Waals surface area contributed by atoms with Gasteiger partial charge in [0, 0.05) is 38.1 Å². The van der Waals surface area contributed by atoms with Crippen molar-refractivity contribution in [1.82, 2.24) is 25.3 Å². The highest BCUT2D eigenvalue weighted by Crippen LogP contribution is 2.27. The molecule has 2 N–H and O–H groups in total. The third-order valence-electron chi connectivity index (χ3n) is 5.65. The highest BCUT2D eigenvalue weighted by atomic mass is 35.5. The van der Waals surface area contributed by atoms with Crippen LogP contribution in [0.2, 0.25) is 0 Å². The zero-order valence-electron chi connectivity index (χ0n) is 16.7. The molecule has 0 radical (unpaired) electrons. The molecule has 0 aromatic carbocycles. The molecule has 1 aromatic heterocycles. The topological polar surface area (TPSA) is 62.2 Å². The molecule has 27 heavy (non-hydrogen) atoms. The lowest BCUT2D eigenvalue weighted by Crippen LogP contribution is -2.57. The molecule has 2 aliphatic rings. The van der Waals surface area contributed by atoms with Gasteiger partial charge in [-0.25, -0.2) is 0 Å². The van der Waals surface area contributed by atoms with Gasteiger partial charge in [0.1, 0.15) is 5.54 Å². The summed E-state index contributed by atoms with van der Waals surface area (Å²) in [5.41, 5.74) is -0.550. The molecule has 3 atom stereocenters. The van der Waals surface area contributed by atoms with Crippen molar-refractivity contribution in [3.8, 4) is 0 Å². The van der Waals surface area contributed by atoms with Crippen LogP contribution in [0.15, 0.2) is 18.5 Å². The van der Waals surface area contributed by atoms with Crippen molar-refractivity contribution < 1.29 is 4.79 Å². The largest absolute Gasteiger partial charge is 0.350 e. The number of likely N-dealkylation sites (tertiary alicyclic amines) is 1. The number of hydrogen-bond donors (Lipinski definition) is 2. The molecule has 0 aliphatic carbocycles. The molecule has 3 rings (SSSR count). The number of carbonyl (C=O) groups is 1. The average molecular weight is 420 g/mol. The summed E-state index contributed by atoms with van der Waals surface area (Å²) in [6.45, 7) is 11.7. The lowest BCUT2D eigenvalue weighted by Gasteiger charge is -2.39. The van der Waals surface area contributed by atoms with Gasteiger partial charge in [-0.2, -0.15) is 5.10 Å². The van der Waals surface area contributed by atoms with Crippen molar-refractivity contribution in [2.24, 2.45) is 11.8 Å². The molecule has 0 spiro atoms. The summed E-state index contributed by atoms with van der Waals surface area (Å²) in [6.07, 6.45) is 6.56. The molecule has 0 bridgehead atoms. The SMILES string of the molecule is CC1CC(C)CN(CC(C)NC(=O)C2(n3cccn3)CCNCC2)C1.Cl.Cl. The Morgan fingerprint density at radius 2 is 1.89 bits per heavy atom. The number of rotatable bonds is 5. The first kappa shape index (κ1) is 24.2. The van der Waals surface area contributed by atoms with E-state index >= 15 is 0 Å². The molecule has 3 heterocycles. The summed E-state index contributed by atoms with van der Waals surface area (Å²) in [5.74, 6) is 1.60. The van der Waals surface area contributed by atoms with Gasteiger partial charge in [0.25, 0.3) is 0 Å². The third-order valence-corrected chi connectivity index (χ3v) is 5.65. The summed E-state index contributed by atoms with van der Waals surface area (Å²) in [6, 6.07) is 2.05. The van der Waals surface area contributed by atoms with E-state index in [1.54, 1.807) is 6.20 Å². The summed E-state index contributed by atoms with van der Waals surface area (Å²) < 4.78 is 1.86. The Balaban J connectivity index is 0.00000182. The number of hydrogen-bond acceptors (Lipinski definition) is 4. The monoisotopic (exact) mass is 419 g/mol. The normalized spacial score (nSPS) is 26.3. The van der Waals surface area contributed by atoms with Crippen molar-refractivity contribution in [3.63, 3.8) is 0 Å². The van der Waals surface area contributed by atoms with E-state index in [0.717, 1.165) is 57.4 Å². The Morgan fingerprint density at radius 3 is 2.44 bits per heavy atom. The van der Waals surface area contributed by atoms with Crippen molar-refractivity contribution >= 4 is 30.7 Å². The van der Waals surface area contributed by atoms with E-state index in [9.17, 15) is 4.79 Å². The second-order valence-electron chi connectivity index (χ2n) is 8.27. The number of nitrogens with one attached hydrogen (secondary N) is 2. The molecule has 156 valence electrons. The van der Waals surface area contributed by atoms with Crippen LogP contribution >= 0.6 is 24.8 Å². The van der Waals surface area contributed by atoms with Crippen molar-refractivity contribution in [3.05, 3.63) is 18.5 Å². The van der Waals surface area contributed by atoms with Gasteiger partial charge in [0.15, 0.2) is 0 Å². The maximum absolute atomic E-state index is 13.2. The first-order valence-corrected chi connectivity index (χ1v) is 9.74. The van der Waals surface area contributed by atoms with Crippen LogP contribution in [-0.2, 0) is 10.3 Å². The zero-order chi connectivity index (χ0) is 17.9. The Morgan fingerprint density at radius 1 is 1.26 bits per heavy atom. The van der Waals surface area contributed by atoms with Gasteiger partial charge in [-0.3, -0.25) is 9.48 Å². The Labute approximate surface area is 175 Å². The first-order valence-electron chi connectivity index (χ1n) is 9.74. The van der Waals surface area contributed by atoms with E-state index in [1.165, 1.54) is 6.42 Å². The summed E-state index contributed by atoms with van der Waals surface area (Å²) in [4.78, 5) is 15.7. The fourth-order valence-electron chi connectivity index (χ4n) is 4.65. The minimum absolute atomic E-state index is 0. The number of amides is 1. The van der Waals surface area contributed by atoms with Crippen LogP contribution in [0, 0.1) is 11.8 Å². The quantitative estimate of drug-likeness (QED) is 0.768. The molecular formula is C19H35Cl2N5O. The predicted molar refractivity (Wildman–Crippen MR) is 114 cm³/mol. The first-order chi connectivity index (χ1) is 12.0. The molecule has 1 aromatic rings. The molecule has 2 aliphatic heterocycles. The smallest absolute Gasteiger partial charge is 0.248 e. The van der Waals surface area contributed by atoms with Gasteiger partial charge in [0.05, 0.1) is 0 Å².